The molecular weight excluding hydrogens is 608 g/mol. The van der Waals surface area contributed by atoms with Crippen LogP contribution in [0.1, 0.15) is 91.5 Å². The van der Waals surface area contributed by atoms with E-state index < -0.39 is 12.0 Å². The molecule has 3 atom stereocenters. The minimum atomic E-state index is -1.52. The lowest BCUT2D eigenvalue weighted by molar-refractivity contribution is 0.0776. The Balaban J connectivity index is 1.24. The largest absolute Gasteiger partial charge is 0.421 e. The summed E-state index contributed by atoms with van der Waals surface area (Å²) in [5.41, 5.74) is 4.95. The minimum Gasteiger partial charge on any atom is -0.421 e. The molecule has 2 amide bonds. The molecule has 0 unspecified atom stereocenters. The number of amides is 2. The van der Waals surface area contributed by atoms with E-state index in [0.29, 0.717) is 55.8 Å². The van der Waals surface area contributed by atoms with Crippen molar-refractivity contribution in [2.45, 2.75) is 57.3 Å². The van der Waals surface area contributed by atoms with Crippen molar-refractivity contribution in [2.75, 3.05) is 6.54 Å². The molecule has 1 fully saturated rings. The molecule has 3 aromatic heterocycles. The minimum absolute atomic E-state index is 0.0790. The lowest BCUT2D eigenvalue weighted by atomic mass is 9.92. The topological polar surface area (TPSA) is 101 Å². The lowest BCUT2D eigenvalue weighted by Gasteiger charge is -2.17. The molecule has 3 aliphatic rings. The molecule has 5 heterocycles. The van der Waals surface area contributed by atoms with E-state index in [1.54, 1.807) is 13.0 Å². The summed E-state index contributed by atoms with van der Waals surface area (Å²) in [6.07, 6.45) is 1.66. The zero-order valence-corrected chi connectivity index (χ0v) is 25.7. The Hall–Kier alpha value is -4.77. The number of thiophene rings is 1. The molecule has 46 heavy (non-hydrogen) atoms. The van der Waals surface area contributed by atoms with Crippen molar-refractivity contribution >= 4 is 23.2 Å². The second-order valence-corrected chi connectivity index (χ2v) is 13.1. The molecule has 8 rings (SSSR count). The summed E-state index contributed by atoms with van der Waals surface area (Å²) in [4.78, 5) is 35.4. The van der Waals surface area contributed by atoms with Crippen LogP contribution in [-0.4, -0.2) is 38.4 Å². The smallest absolute Gasteiger partial charge is 0.261 e. The Bertz CT molecular complexity index is 2010. The first-order chi connectivity index (χ1) is 22.4. The van der Waals surface area contributed by atoms with E-state index in [1.165, 1.54) is 41.2 Å². The highest BCUT2D eigenvalue weighted by atomic mass is 32.1. The van der Waals surface area contributed by atoms with Gasteiger partial charge in [0.25, 0.3) is 11.8 Å². The van der Waals surface area contributed by atoms with Crippen LogP contribution in [0.25, 0.3) is 21.9 Å². The maximum absolute atomic E-state index is 15.9. The highest BCUT2D eigenvalue weighted by molar-refractivity contribution is 7.17. The fourth-order valence-electron chi connectivity index (χ4n) is 7.06. The average molecular weight is 638 g/mol. The number of aryl methyl sites for hydroxylation is 2. The number of hydrogen-bond acceptors (Lipinski definition) is 7. The highest BCUT2D eigenvalue weighted by Gasteiger charge is 2.45. The monoisotopic (exact) mass is 637 g/mol. The standard InChI is InChI=1S/C35H29F2N5O3S/c1-18-40-41-34(45-18)29-25(17-23(37)20-8-11-21(36)12-9-20)38-32-26-7-4-16-42(26)35(44)31(32)30(29)27-14-15-28(46-27)33(43)39-24-13-10-19-5-2-3-6-22(19)24/h2-3,5-6,8-9,11-12,14-15,23-24,26H,4,7,10,13,16-17H2,1H3,(H,39,43)/t23-,24-,26-/m0/s1. The number of fused-ring (bicyclic) bond motifs is 4. The second kappa shape index (κ2) is 11.2. The molecule has 11 heteroatoms. The quantitative estimate of drug-likeness (QED) is 0.202. The number of aromatic nitrogens is 3. The third-order valence-corrected chi connectivity index (χ3v) is 10.3. The molecule has 0 saturated carbocycles. The van der Waals surface area contributed by atoms with Crippen molar-refractivity contribution in [1.29, 1.82) is 0 Å². The van der Waals surface area contributed by atoms with Crippen molar-refractivity contribution in [2.24, 2.45) is 0 Å². The Morgan fingerprint density at radius 3 is 2.70 bits per heavy atom. The predicted octanol–water partition coefficient (Wildman–Crippen LogP) is 7.27. The average Bonchev–Trinajstić information content (AvgIpc) is 3.89. The molecule has 1 N–H and O–H groups in total. The van der Waals surface area contributed by atoms with Crippen LogP contribution in [0.3, 0.4) is 0 Å². The van der Waals surface area contributed by atoms with Crippen molar-refractivity contribution < 1.29 is 22.8 Å². The summed E-state index contributed by atoms with van der Waals surface area (Å²) in [7, 11) is 0. The Morgan fingerprint density at radius 1 is 1.07 bits per heavy atom. The number of benzene rings is 2. The highest BCUT2D eigenvalue weighted by Crippen LogP contribution is 2.49. The van der Waals surface area contributed by atoms with Gasteiger partial charge in [-0.05, 0) is 66.6 Å². The summed E-state index contributed by atoms with van der Waals surface area (Å²) in [6, 6.07) is 16.7. The van der Waals surface area contributed by atoms with Gasteiger partial charge < -0.3 is 14.6 Å². The van der Waals surface area contributed by atoms with Crippen LogP contribution in [0, 0.1) is 12.7 Å². The van der Waals surface area contributed by atoms with E-state index in [2.05, 4.69) is 27.6 Å². The first-order valence-electron chi connectivity index (χ1n) is 15.4. The summed E-state index contributed by atoms with van der Waals surface area (Å²) in [6.45, 7) is 2.26. The molecule has 5 aromatic rings. The van der Waals surface area contributed by atoms with Crippen molar-refractivity contribution in [3.8, 4) is 21.9 Å². The van der Waals surface area contributed by atoms with Gasteiger partial charge in [0.1, 0.15) is 12.0 Å². The van der Waals surface area contributed by atoms with Gasteiger partial charge in [0.2, 0.25) is 11.8 Å². The fourth-order valence-corrected chi connectivity index (χ4v) is 8.03. The van der Waals surface area contributed by atoms with E-state index in [-0.39, 0.29) is 36.2 Å². The van der Waals surface area contributed by atoms with Crippen LogP contribution in [0.2, 0.25) is 0 Å². The van der Waals surface area contributed by atoms with Gasteiger partial charge >= 0.3 is 0 Å². The zero-order valence-electron chi connectivity index (χ0n) is 24.9. The van der Waals surface area contributed by atoms with E-state index >= 15 is 4.39 Å². The van der Waals surface area contributed by atoms with E-state index in [4.69, 9.17) is 9.40 Å². The Kier molecular flexibility index (Phi) is 7.01. The normalized spacial score (nSPS) is 18.8. The number of nitrogens with zero attached hydrogens (tertiary/aromatic N) is 4. The van der Waals surface area contributed by atoms with Gasteiger partial charge in [0.05, 0.1) is 39.5 Å². The SMILES string of the molecule is Cc1nnc(-c2c(C[C@H](F)c3ccc(F)cc3)nc3c(c2-c2ccc(C(=O)N[C@H]4CCc5ccccc54)s2)C(=O)N2CCC[C@@H]32)o1. The van der Waals surface area contributed by atoms with Crippen LogP contribution in [0.4, 0.5) is 8.78 Å². The van der Waals surface area contributed by atoms with Crippen molar-refractivity contribution in [1.82, 2.24) is 25.4 Å². The molecular formula is C35H29F2N5O3S. The molecule has 1 saturated heterocycles. The Morgan fingerprint density at radius 2 is 1.89 bits per heavy atom. The third kappa shape index (κ3) is 4.81. The van der Waals surface area contributed by atoms with E-state index in [9.17, 15) is 14.0 Å². The fraction of sp³-hybridized carbons (Fsp3) is 0.286. The molecule has 1 aliphatic carbocycles. The zero-order chi connectivity index (χ0) is 31.5. The molecule has 0 bridgehead atoms. The maximum atomic E-state index is 15.9. The molecule has 0 spiro atoms. The van der Waals surface area contributed by atoms with Gasteiger partial charge in [0, 0.05) is 30.3 Å². The molecule has 2 aliphatic heterocycles. The van der Waals surface area contributed by atoms with Crippen molar-refractivity contribution in [3.05, 3.63) is 111 Å². The third-order valence-electron chi connectivity index (χ3n) is 9.20. The summed E-state index contributed by atoms with van der Waals surface area (Å²) >= 11 is 1.26. The summed E-state index contributed by atoms with van der Waals surface area (Å²) in [5, 5.41) is 11.5. The number of carbonyl (C=O) groups is 2. The van der Waals surface area contributed by atoms with E-state index in [1.807, 2.05) is 23.1 Å². The van der Waals surface area contributed by atoms with Crippen LogP contribution in [0.15, 0.2) is 65.1 Å². The molecule has 232 valence electrons. The van der Waals surface area contributed by atoms with Crippen LogP contribution in [-0.2, 0) is 12.8 Å². The van der Waals surface area contributed by atoms with Gasteiger partial charge in [-0.2, -0.15) is 0 Å². The number of pyridine rings is 1. The second-order valence-electron chi connectivity index (χ2n) is 12.0. The van der Waals surface area contributed by atoms with Gasteiger partial charge in [-0.25, -0.2) is 8.78 Å². The predicted molar refractivity (Wildman–Crippen MR) is 168 cm³/mol. The van der Waals surface area contributed by atoms with Crippen LogP contribution >= 0.6 is 11.3 Å². The lowest BCUT2D eigenvalue weighted by Crippen LogP contribution is -2.26. The van der Waals surface area contributed by atoms with E-state index in [0.717, 1.165) is 31.2 Å². The number of halogens is 2. The molecule has 0 radical (unpaired) electrons. The van der Waals surface area contributed by atoms with Gasteiger partial charge in [-0.3, -0.25) is 14.6 Å². The van der Waals surface area contributed by atoms with Crippen molar-refractivity contribution in [3.63, 3.8) is 0 Å². The number of rotatable bonds is 7. The molecule has 8 nitrogen and oxygen atoms in total. The first kappa shape index (κ1) is 28.7. The van der Waals surface area contributed by atoms with Gasteiger partial charge in [0.15, 0.2) is 0 Å². The number of nitrogens with one attached hydrogen (secondary N) is 1. The van der Waals surface area contributed by atoms with Gasteiger partial charge in [-0.15, -0.1) is 21.5 Å². The number of carbonyl (C=O) groups excluding carboxylic acids is 2. The first-order valence-corrected chi connectivity index (χ1v) is 16.2. The maximum Gasteiger partial charge on any atom is 0.261 e. The number of hydrogen-bond donors (Lipinski definition) is 1. The van der Waals surface area contributed by atoms with Crippen LogP contribution < -0.4 is 5.32 Å². The van der Waals surface area contributed by atoms with Crippen LogP contribution in [0.5, 0.6) is 0 Å². The van der Waals surface area contributed by atoms with Gasteiger partial charge in [-0.1, -0.05) is 36.4 Å². The summed E-state index contributed by atoms with van der Waals surface area (Å²) < 4.78 is 35.5. The summed E-state index contributed by atoms with van der Waals surface area (Å²) in [5.74, 6) is -0.387. The molecule has 2 aromatic carbocycles. The number of alkyl halides is 1. The Labute approximate surface area is 267 Å².